The van der Waals surface area contributed by atoms with Crippen LogP contribution < -0.4 is 4.90 Å². The van der Waals surface area contributed by atoms with Crippen LogP contribution in [0, 0.1) is 5.82 Å². The number of halogens is 1. The van der Waals surface area contributed by atoms with E-state index in [1.54, 1.807) is 24.8 Å². The fourth-order valence-corrected chi connectivity index (χ4v) is 2.54. The molecule has 0 fully saturated rings. The molecule has 4 heteroatoms. The molecule has 0 aromatic heterocycles. The Kier molecular flexibility index (Phi) is 5.96. The predicted octanol–water partition coefficient (Wildman–Crippen LogP) is 3.46. The summed E-state index contributed by atoms with van der Waals surface area (Å²) in [4.78, 5) is 2.04. The third kappa shape index (κ3) is 3.62. The lowest BCUT2D eigenvalue weighted by molar-refractivity contribution is 0.194. The number of aliphatic hydroxyl groups is 1. The first-order chi connectivity index (χ1) is 8.49. The third-order valence-corrected chi connectivity index (χ3v) is 3.87. The second-order valence-electron chi connectivity index (χ2n) is 4.59. The summed E-state index contributed by atoms with van der Waals surface area (Å²) in [5, 5.41) is 9.72. The summed E-state index contributed by atoms with van der Waals surface area (Å²) < 4.78 is 13.8. The summed E-state index contributed by atoms with van der Waals surface area (Å²) >= 11 is 1.81. The lowest BCUT2D eigenvalue weighted by Gasteiger charge is -2.29. The molecule has 0 saturated carbocycles. The number of anilines is 1. The van der Waals surface area contributed by atoms with Gasteiger partial charge in [0, 0.05) is 24.3 Å². The summed E-state index contributed by atoms with van der Waals surface area (Å²) in [6, 6.07) is 5.26. The van der Waals surface area contributed by atoms with E-state index in [1.807, 2.05) is 18.0 Å². The minimum absolute atomic E-state index is 0.316. The number of nitrogens with zero attached hydrogens (tertiary/aromatic N) is 1. The van der Waals surface area contributed by atoms with E-state index in [9.17, 15) is 9.50 Å². The van der Waals surface area contributed by atoms with E-state index in [1.165, 1.54) is 6.07 Å². The molecule has 0 heterocycles. The molecule has 2 nitrogen and oxygen atoms in total. The van der Waals surface area contributed by atoms with Gasteiger partial charge in [-0.25, -0.2) is 4.39 Å². The zero-order valence-corrected chi connectivity index (χ0v) is 12.3. The molecular formula is C14H22FNOS. The van der Waals surface area contributed by atoms with Gasteiger partial charge in [0.05, 0.1) is 6.10 Å². The minimum atomic E-state index is -0.795. The molecule has 102 valence electrons. The molecule has 0 bridgehead atoms. The van der Waals surface area contributed by atoms with Crippen molar-refractivity contribution >= 4 is 17.4 Å². The largest absolute Gasteiger partial charge is 0.389 e. The highest BCUT2D eigenvalue weighted by molar-refractivity contribution is 7.98. The van der Waals surface area contributed by atoms with Crippen molar-refractivity contribution in [3.63, 3.8) is 0 Å². The van der Waals surface area contributed by atoms with Crippen LogP contribution in [0.2, 0.25) is 0 Å². The molecule has 1 rings (SSSR count). The maximum atomic E-state index is 13.8. The Bertz CT molecular complexity index is 384. The topological polar surface area (TPSA) is 23.5 Å². The fraction of sp³-hybridized carbons (Fsp3) is 0.571. The van der Waals surface area contributed by atoms with Gasteiger partial charge in [-0.05, 0) is 44.4 Å². The molecular weight excluding hydrogens is 249 g/mol. The zero-order valence-electron chi connectivity index (χ0n) is 11.5. The first-order valence-corrected chi connectivity index (χ1v) is 7.56. The second-order valence-corrected chi connectivity index (χ2v) is 5.58. The summed E-state index contributed by atoms with van der Waals surface area (Å²) in [7, 11) is 1.95. The van der Waals surface area contributed by atoms with Crippen molar-refractivity contribution in [1.29, 1.82) is 0 Å². The van der Waals surface area contributed by atoms with Gasteiger partial charge in [0.1, 0.15) is 5.82 Å². The van der Waals surface area contributed by atoms with Gasteiger partial charge in [-0.1, -0.05) is 6.07 Å². The molecule has 0 saturated heterocycles. The van der Waals surface area contributed by atoms with Crippen LogP contribution in [0.15, 0.2) is 18.2 Å². The van der Waals surface area contributed by atoms with Gasteiger partial charge >= 0.3 is 0 Å². The summed E-state index contributed by atoms with van der Waals surface area (Å²) in [5.41, 5.74) is 1.16. The van der Waals surface area contributed by atoms with Crippen LogP contribution in [0.1, 0.15) is 31.9 Å². The van der Waals surface area contributed by atoms with Crippen molar-refractivity contribution in [2.45, 2.75) is 32.4 Å². The molecule has 1 aromatic carbocycles. The Balaban J connectivity index is 2.97. The highest BCUT2D eigenvalue weighted by Crippen LogP contribution is 2.29. The van der Waals surface area contributed by atoms with Gasteiger partial charge in [-0.15, -0.1) is 0 Å². The third-order valence-electron chi connectivity index (χ3n) is 3.23. The van der Waals surface area contributed by atoms with Crippen LogP contribution in [0.4, 0.5) is 10.1 Å². The van der Waals surface area contributed by atoms with Gasteiger partial charge < -0.3 is 10.0 Å². The number of aliphatic hydroxyl groups excluding tert-OH is 1. The smallest absolute Gasteiger partial charge is 0.131 e. The lowest BCUT2D eigenvalue weighted by atomic mass is 10.1. The van der Waals surface area contributed by atoms with Crippen molar-refractivity contribution in [3.8, 4) is 0 Å². The Labute approximate surface area is 113 Å². The number of benzene rings is 1. The Morgan fingerprint density at radius 3 is 2.61 bits per heavy atom. The minimum Gasteiger partial charge on any atom is -0.389 e. The quantitative estimate of drug-likeness (QED) is 0.857. The highest BCUT2D eigenvalue weighted by Gasteiger charge is 2.19. The molecule has 2 atom stereocenters. The molecule has 1 aromatic rings. The SMILES string of the molecule is CSCCC(C)N(C)c1cccc(F)c1[C@H](C)O. The van der Waals surface area contributed by atoms with Crippen molar-refractivity contribution in [3.05, 3.63) is 29.6 Å². The Hall–Kier alpha value is -0.740. The van der Waals surface area contributed by atoms with Crippen molar-refractivity contribution in [2.24, 2.45) is 0 Å². The highest BCUT2D eigenvalue weighted by atomic mass is 32.2. The van der Waals surface area contributed by atoms with Crippen molar-refractivity contribution in [1.82, 2.24) is 0 Å². The molecule has 1 unspecified atom stereocenters. The van der Waals surface area contributed by atoms with E-state index in [4.69, 9.17) is 0 Å². The maximum Gasteiger partial charge on any atom is 0.131 e. The van der Waals surface area contributed by atoms with E-state index in [0.717, 1.165) is 17.9 Å². The number of hydrogen-bond acceptors (Lipinski definition) is 3. The number of rotatable bonds is 6. The van der Waals surface area contributed by atoms with Gasteiger partial charge in [-0.3, -0.25) is 0 Å². The molecule has 1 N–H and O–H groups in total. The molecule has 0 aliphatic heterocycles. The molecule has 18 heavy (non-hydrogen) atoms. The number of thioether (sulfide) groups is 1. The van der Waals surface area contributed by atoms with E-state index in [-0.39, 0.29) is 5.82 Å². The van der Waals surface area contributed by atoms with Crippen LogP contribution in [-0.4, -0.2) is 30.2 Å². The maximum absolute atomic E-state index is 13.8. The summed E-state index contributed by atoms with van der Waals surface area (Å²) in [5.74, 6) is 0.733. The predicted molar refractivity (Wildman–Crippen MR) is 77.9 cm³/mol. The molecule has 0 aliphatic rings. The summed E-state index contributed by atoms with van der Waals surface area (Å²) in [6.07, 6.45) is 2.32. The summed E-state index contributed by atoms with van der Waals surface area (Å²) in [6.45, 7) is 3.72. The standard InChI is InChI=1S/C14H22FNOS/c1-10(8-9-18-4)16(3)13-7-5-6-12(15)14(13)11(2)17/h5-7,10-11,17H,8-9H2,1-4H3/t10?,11-/m0/s1. The fourth-order valence-electron chi connectivity index (χ4n) is 1.97. The van der Waals surface area contributed by atoms with E-state index < -0.39 is 6.10 Å². The lowest BCUT2D eigenvalue weighted by Crippen LogP contribution is -2.30. The van der Waals surface area contributed by atoms with Crippen LogP contribution in [0.25, 0.3) is 0 Å². The van der Waals surface area contributed by atoms with Crippen LogP contribution in [-0.2, 0) is 0 Å². The Morgan fingerprint density at radius 1 is 1.39 bits per heavy atom. The van der Waals surface area contributed by atoms with Gasteiger partial charge in [0.15, 0.2) is 0 Å². The normalized spacial score (nSPS) is 14.3. The Morgan fingerprint density at radius 2 is 2.06 bits per heavy atom. The van der Waals surface area contributed by atoms with E-state index >= 15 is 0 Å². The molecule has 0 radical (unpaired) electrons. The van der Waals surface area contributed by atoms with Crippen molar-refractivity contribution < 1.29 is 9.50 Å². The average molecular weight is 271 g/mol. The van der Waals surface area contributed by atoms with Crippen LogP contribution in [0.3, 0.4) is 0 Å². The zero-order chi connectivity index (χ0) is 13.7. The first-order valence-electron chi connectivity index (χ1n) is 6.17. The average Bonchev–Trinajstić information content (AvgIpc) is 2.34. The van der Waals surface area contributed by atoms with E-state index in [0.29, 0.717) is 11.6 Å². The molecule has 0 amide bonds. The van der Waals surface area contributed by atoms with Crippen LogP contribution >= 0.6 is 11.8 Å². The van der Waals surface area contributed by atoms with E-state index in [2.05, 4.69) is 13.2 Å². The van der Waals surface area contributed by atoms with Gasteiger partial charge in [-0.2, -0.15) is 11.8 Å². The van der Waals surface area contributed by atoms with Crippen LogP contribution in [0.5, 0.6) is 0 Å². The molecule has 0 aliphatic carbocycles. The second kappa shape index (κ2) is 7.00. The monoisotopic (exact) mass is 271 g/mol. The van der Waals surface area contributed by atoms with Gasteiger partial charge in [0.2, 0.25) is 0 Å². The number of hydrogen-bond donors (Lipinski definition) is 1. The molecule has 0 spiro atoms. The van der Waals surface area contributed by atoms with Crippen molar-refractivity contribution in [2.75, 3.05) is 24.0 Å². The van der Waals surface area contributed by atoms with Gasteiger partial charge in [0.25, 0.3) is 0 Å². The first kappa shape index (κ1) is 15.3.